The average Bonchev–Trinajstić information content (AvgIpc) is 2.27. The van der Waals surface area contributed by atoms with E-state index in [1.54, 1.807) is 6.07 Å². The lowest BCUT2D eigenvalue weighted by atomic mass is 10.0. The summed E-state index contributed by atoms with van der Waals surface area (Å²) in [6.45, 7) is 4.09. The topological polar surface area (TPSA) is 0 Å². The third kappa shape index (κ3) is 1.87. The van der Waals surface area contributed by atoms with Gasteiger partial charge in [-0.15, -0.1) is 0 Å². The van der Waals surface area contributed by atoms with Crippen molar-refractivity contribution in [3.8, 4) is 0 Å². The summed E-state index contributed by atoms with van der Waals surface area (Å²) in [5.41, 5.74) is 2.05. The fourth-order valence-electron chi connectivity index (χ4n) is 1.86. The van der Waals surface area contributed by atoms with Crippen LogP contribution in [0.25, 0.3) is 10.8 Å². The van der Waals surface area contributed by atoms with Gasteiger partial charge in [0.25, 0.3) is 0 Å². The molecule has 0 aliphatic carbocycles. The summed E-state index contributed by atoms with van der Waals surface area (Å²) in [4.78, 5) is 0. The molecule has 0 nitrogen and oxygen atoms in total. The van der Waals surface area contributed by atoms with E-state index in [2.05, 4.69) is 25.1 Å². The molecule has 78 valence electrons. The third-order valence-corrected chi connectivity index (χ3v) is 2.86. The standard InChI is InChI=1S/C14H15F/c1-3-10-5-6-12-8-11(4-2)14(15)9-13(12)7-10/h5-9H,3-4H2,1-2H3. The molecule has 0 aliphatic heterocycles. The summed E-state index contributed by atoms with van der Waals surface area (Å²) in [5, 5.41) is 2.13. The molecular weight excluding hydrogens is 187 g/mol. The maximum Gasteiger partial charge on any atom is 0.127 e. The maximum absolute atomic E-state index is 13.6. The first-order valence-electron chi connectivity index (χ1n) is 5.45. The van der Waals surface area contributed by atoms with Gasteiger partial charge >= 0.3 is 0 Å². The molecule has 0 aliphatic rings. The molecule has 0 aromatic heterocycles. The first kappa shape index (κ1) is 10.2. The van der Waals surface area contributed by atoms with E-state index >= 15 is 0 Å². The summed E-state index contributed by atoms with van der Waals surface area (Å²) < 4.78 is 13.6. The average molecular weight is 202 g/mol. The van der Waals surface area contributed by atoms with Crippen molar-refractivity contribution in [2.45, 2.75) is 26.7 Å². The molecule has 0 amide bonds. The van der Waals surface area contributed by atoms with Gasteiger partial charge in [-0.25, -0.2) is 4.39 Å². The Kier molecular flexibility index (Phi) is 2.72. The van der Waals surface area contributed by atoms with Gasteiger partial charge in [-0.05, 0) is 46.9 Å². The van der Waals surface area contributed by atoms with Gasteiger partial charge in [0.2, 0.25) is 0 Å². The highest BCUT2D eigenvalue weighted by atomic mass is 19.1. The summed E-state index contributed by atoms with van der Waals surface area (Å²) in [6.07, 6.45) is 1.74. The number of hydrogen-bond donors (Lipinski definition) is 0. The van der Waals surface area contributed by atoms with Gasteiger partial charge in [0.15, 0.2) is 0 Å². The molecule has 2 aromatic rings. The van der Waals surface area contributed by atoms with Crippen LogP contribution in [-0.2, 0) is 12.8 Å². The van der Waals surface area contributed by atoms with Crippen LogP contribution in [0.2, 0.25) is 0 Å². The lowest BCUT2D eigenvalue weighted by molar-refractivity contribution is 0.614. The van der Waals surface area contributed by atoms with Crippen molar-refractivity contribution in [2.75, 3.05) is 0 Å². The minimum Gasteiger partial charge on any atom is -0.207 e. The van der Waals surface area contributed by atoms with Gasteiger partial charge in [-0.1, -0.05) is 32.0 Å². The minimum atomic E-state index is -0.0850. The fourth-order valence-corrected chi connectivity index (χ4v) is 1.86. The van der Waals surface area contributed by atoms with Crippen LogP contribution in [0, 0.1) is 5.82 Å². The fraction of sp³-hybridized carbons (Fsp3) is 0.286. The maximum atomic E-state index is 13.6. The Morgan fingerprint density at radius 2 is 1.73 bits per heavy atom. The van der Waals surface area contributed by atoms with Crippen LogP contribution in [0.3, 0.4) is 0 Å². The van der Waals surface area contributed by atoms with Crippen molar-refractivity contribution >= 4 is 10.8 Å². The van der Waals surface area contributed by atoms with Crippen molar-refractivity contribution in [1.82, 2.24) is 0 Å². The van der Waals surface area contributed by atoms with E-state index in [9.17, 15) is 4.39 Å². The largest absolute Gasteiger partial charge is 0.207 e. The summed E-state index contributed by atoms with van der Waals surface area (Å²) in [6, 6.07) is 9.85. The quantitative estimate of drug-likeness (QED) is 0.687. The highest BCUT2D eigenvalue weighted by molar-refractivity contribution is 5.84. The zero-order valence-electron chi connectivity index (χ0n) is 9.18. The number of hydrogen-bond acceptors (Lipinski definition) is 0. The predicted molar refractivity (Wildman–Crippen MR) is 62.7 cm³/mol. The Hall–Kier alpha value is -1.37. The van der Waals surface area contributed by atoms with E-state index < -0.39 is 0 Å². The molecule has 0 N–H and O–H groups in total. The summed E-state index contributed by atoms with van der Waals surface area (Å²) in [5.74, 6) is -0.0850. The van der Waals surface area contributed by atoms with Crippen molar-refractivity contribution < 1.29 is 4.39 Å². The number of rotatable bonds is 2. The van der Waals surface area contributed by atoms with Gasteiger partial charge in [0.1, 0.15) is 5.82 Å². The molecule has 0 atom stereocenters. The molecule has 0 fully saturated rings. The molecule has 0 bridgehead atoms. The van der Waals surface area contributed by atoms with Crippen LogP contribution in [0.5, 0.6) is 0 Å². The Labute approximate surface area is 89.7 Å². The van der Waals surface area contributed by atoms with Crippen molar-refractivity contribution in [2.24, 2.45) is 0 Å². The SMILES string of the molecule is CCc1ccc2cc(CC)c(F)cc2c1. The van der Waals surface area contributed by atoms with Crippen LogP contribution in [-0.4, -0.2) is 0 Å². The summed E-state index contributed by atoms with van der Waals surface area (Å²) >= 11 is 0. The number of aryl methyl sites for hydroxylation is 2. The molecule has 0 radical (unpaired) electrons. The van der Waals surface area contributed by atoms with Gasteiger partial charge < -0.3 is 0 Å². The molecule has 1 heteroatoms. The van der Waals surface area contributed by atoms with Crippen LogP contribution in [0.1, 0.15) is 25.0 Å². The van der Waals surface area contributed by atoms with E-state index in [1.807, 2.05) is 13.0 Å². The number of halogens is 1. The number of benzene rings is 2. The smallest absolute Gasteiger partial charge is 0.127 e. The molecule has 0 unspecified atom stereocenters. The zero-order chi connectivity index (χ0) is 10.8. The van der Waals surface area contributed by atoms with Gasteiger partial charge in [0.05, 0.1) is 0 Å². The van der Waals surface area contributed by atoms with E-state index in [0.717, 1.165) is 29.2 Å². The third-order valence-electron chi connectivity index (χ3n) is 2.86. The van der Waals surface area contributed by atoms with Gasteiger partial charge in [-0.3, -0.25) is 0 Å². The molecule has 2 rings (SSSR count). The second kappa shape index (κ2) is 4.01. The second-order valence-electron chi connectivity index (χ2n) is 3.83. The van der Waals surface area contributed by atoms with Crippen molar-refractivity contribution in [1.29, 1.82) is 0 Å². The number of fused-ring (bicyclic) bond motifs is 1. The normalized spacial score (nSPS) is 10.9. The van der Waals surface area contributed by atoms with Crippen molar-refractivity contribution in [3.63, 3.8) is 0 Å². The molecule has 0 saturated heterocycles. The molecule has 2 aromatic carbocycles. The molecular formula is C14H15F. The minimum absolute atomic E-state index is 0.0850. The first-order valence-corrected chi connectivity index (χ1v) is 5.45. The molecule has 15 heavy (non-hydrogen) atoms. The van der Waals surface area contributed by atoms with E-state index in [0.29, 0.717) is 0 Å². The van der Waals surface area contributed by atoms with Gasteiger partial charge in [-0.2, -0.15) is 0 Å². The summed E-state index contributed by atoms with van der Waals surface area (Å²) in [7, 11) is 0. The predicted octanol–water partition coefficient (Wildman–Crippen LogP) is 4.10. The van der Waals surface area contributed by atoms with E-state index in [1.165, 1.54) is 5.56 Å². The van der Waals surface area contributed by atoms with Crippen molar-refractivity contribution in [3.05, 3.63) is 47.3 Å². The highest BCUT2D eigenvalue weighted by Gasteiger charge is 2.03. The monoisotopic (exact) mass is 202 g/mol. The van der Waals surface area contributed by atoms with Crippen LogP contribution in [0.15, 0.2) is 30.3 Å². The molecule has 0 spiro atoms. The Morgan fingerprint density at radius 3 is 2.40 bits per heavy atom. The van der Waals surface area contributed by atoms with Crippen LogP contribution in [0.4, 0.5) is 4.39 Å². The van der Waals surface area contributed by atoms with Gasteiger partial charge in [0, 0.05) is 0 Å². The first-order chi connectivity index (χ1) is 7.24. The van der Waals surface area contributed by atoms with E-state index in [4.69, 9.17) is 0 Å². The Bertz CT molecular complexity index is 486. The second-order valence-corrected chi connectivity index (χ2v) is 3.83. The zero-order valence-corrected chi connectivity index (χ0v) is 9.18. The highest BCUT2D eigenvalue weighted by Crippen LogP contribution is 2.21. The molecule has 0 saturated carbocycles. The Morgan fingerprint density at radius 1 is 0.933 bits per heavy atom. The Balaban J connectivity index is 2.65. The van der Waals surface area contributed by atoms with E-state index in [-0.39, 0.29) is 5.82 Å². The van der Waals surface area contributed by atoms with Crippen LogP contribution >= 0.6 is 0 Å². The lowest BCUT2D eigenvalue weighted by Gasteiger charge is -2.05. The molecule has 0 heterocycles. The lowest BCUT2D eigenvalue weighted by Crippen LogP contribution is -1.89. The van der Waals surface area contributed by atoms with Crippen LogP contribution < -0.4 is 0 Å².